The molecule has 0 aromatic heterocycles. The van der Waals surface area contributed by atoms with Crippen LogP contribution in [0, 0.1) is 0 Å². The zero-order chi connectivity index (χ0) is 21.7. The molecule has 0 bridgehead atoms. The van der Waals surface area contributed by atoms with Crippen LogP contribution in [0.4, 0.5) is 0 Å². The number of hydrogen-bond donors (Lipinski definition) is 0. The molecule has 0 aliphatic rings. The third-order valence-electron chi connectivity index (χ3n) is 3.09. The summed E-state index contributed by atoms with van der Waals surface area (Å²) >= 11 is 4.15. The third-order valence-corrected chi connectivity index (χ3v) is 12.4. The van der Waals surface area contributed by atoms with Crippen molar-refractivity contribution >= 4 is 73.6 Å². The molecule has 0 aliphatic carbocycles. The molecule has 0 aromatic carbocycles. The number of hydrogen-bond acceptors (Lipinski definition) is 12. The minimum absolute atomic E-state index is 0. The molecule has 0 fully saturated rings. The maximum Gasteiger partial charge on any atom is 1.00 e. The average molecular weight is 605 g/mol. The molecule has 0 saturated carbocycles. The van der Waals surface area contributed by atoms with Gasteiger partial charge in [0, 0.05) is 34.5 Å². The minimum atomic E-state index is -4.21. The SMILES string of the molecule is O=S(=O)([O-])CCSCCP(CCSCCS(=O)(=O)[O-])CCSCCS(=O)(=O)[O-].[Na+].[Na+].[Na+]. The zero-order valence-corrected chi connectivity index (χ0v) is 29.8. The van der Waals surface area contributed by atoms with Gasteiger partial charge in [-0.2, -0.15) is 35.3 Å². The van der Waals surface area contributed by atoms with Crippen molar-refractivity contribution in [3.05, 3.63) is 0 Å². The molecule has 170 valence electrons. The topological polar surface area (TPSA) is 172 Å². The van der Waals surface area contributed by atoms with Crippen molar-refractivity contribution in [2.75, 3.05) is 70.3 Å². The summed E-state index contributed by atoms with van der Waals surface area (Å²) in [6, 6.07) is 0. The Morgan fingerprint density at radius 3 is 0.903 bits per heavy atom. The fourth-order valence-electron chi connectivity index (χ4n) is 1.71. The first-order valence-electron chi connectivity index (χ1n) is 8.05. The standard InChI is InChI=1S/C12H27O9PS6.3Na/c13-26(14,15)10-7-23-4-1-22(2-5-24-8-11-27(16,17)18)3-6-25-9-12-28(19,20)21;;;/h1-12H2,(H,13,14,15)(H,16,17,18)(H,19,20,21);;;/q;3*+1/p-3. The Morgan fingerprint density at radius 1 is 0.484 bits per heavy atom. The van der Waals surface area contributed by atoms with E-state index in [2.05, 4.69) is 0 Å². The Bertz CT molecular complexity index is 637. The molecule has 0 N–H and O–H groups in total. The Morgan fingerprint density at radius 2 is 0.710 bits per heavy atom. The van der Waals surface area contributed by atoms with E-state index in [1.807, 2.05) is 0 Å². The second-order valence-corrected chi connectivity index (χ2v) is 16.4. The summed E-state index contributed by atoms with van der Waals surface area (Å²) in [5.74, 6) is 1.57. The van der Waals surface area contributed by atoms with Gasteiger partial charge in [-0.25, -0.2) is 25.3 Å². The van der Waals surface area contributed by atoms with Crippen LogP contribution < -0.4 is 88.7 Å². The number of thioether (sulfide) groups is 3. The summed E-state index contributed by atoms with van der Waals surface area (Å²) in [7, 11) is -13.1. The van der Waals surface area contributed by atoms with Crippen LogP contribution in [0.1, 0.15) is 0 Å². The molecule has 0 atom stereocenters. The average Bonchev–Trinajstić information content (AvgIpc) is 2.49. The van der Waals surface area contributed by atoms with Gasteiger partial charge in [0.15, 0.2) is 0 Å². The van der Waals surface area contributed by atoms with Crippen molar-refractivity contribution in [3.8, 4) is 0 Å². The summed E-state index contributed by atoms with van der Waals surface area (Å²) in [5, 5.41) is 0. The first kappa shape index (κ1) is 42.3. The molecule has 31 heavy (non-hydrogen) atoms. The molecule has 0 amide bonds. The molecule has 0 saturated heterocycles. The quantitative estimate of drug-likeness (QED) is 0.0627. The van der Waals surface area contributed by atoms with Gasteiger partial charge >= 0.3 is 88.7 Å². The van der Waals surface area contributed by atoms with Crippen molar-refractivity contribution in [1.82, 2.24) is 0 Å². The van der Waals surface area contributed by atoms with Gasteiger partial charge in [0.05, 0.1) is 30.4 Å². The predicted molar refractivity (Wildman–Crippen MR) is 117 cm³/mol. The molecule has 0 radical (unpaired) electrons. The van der Waals surface area contributed by atoms with Gasteiger partial charge < -0.3 is 13.7 Å². The molecular formula is C12H24Na3O9PS6. The molecule has 0 aliphatic heterocycles. The Kier molecular flexibility index (Phi) is 31.8. The van der Waals surface area contributed by atoms with Crippen molar-refractivity contribution in [1.29, 1.82) is 0 Å². The Labute approximate surface area is 267 Å². The summed E-state index contributed by atoms with van der Waals surface area (Å²) in [6.07, 6.45) is 2.50. The van der Waals surface area contributed by atoms with Crippen LogP contribution in [0.3, 0.4) is 0 Å². The van der Waals surface area contributed by atoms with Crippen LogP contribution in [-0.2, 0) is 30.4 Å². The molecular weight excluding hydrogens is 580 g/mol. The molecule has 9 nitrogen and oxygen atoms in total. The van der Waals surface area contributed by atoms with Crippen molar-refractivity contribution < 1.29 is 128 Å². The van der Waals surface area contributed by atoms with Gasteiger partial charge in [-0.3, -0.25) is 0 Å². The van der Waals surface area contributed by atoms with Gasteiger partial charge in [0.2, 0.25) is 0 Å². The van der Waals surface area contributed by atoms with Crippen LogP contribution in [0.2, 0.25) is 0 Å². The fourth-order valence-corrected chi connectivity index (χ4v) is 11.5. The number of rotatable bonds is 18. The smallest absolute Gasteiger partial charge is 0.748 e. The van der Waals surface area contributed by atoms with Gasteiger partial charge in [0.25, 0.3) is 0 Å². The largest absolute Gasteiger partial charge is 1.00 e. The van der Waals surface area contributed by atoms with Gasteiger partial charge in [-0.1, -0.05) is 0 Å². The van der Waals surface area contributed by atoms with Crippen molar-refractivity contribution in [2.24, 2.45) is 0 Å². The predicted octanol–water partition coefficient (Wildman–Crippen LogP) is -8.68. The van der Waals surface area contributed by atoms with E-state index in [-0.39, 0.29) is 106 Å². The molecule has 0 rings (SSSR count). The fraction of sp³-hybridized carbons (Fsp3) is 1.00. The van der Waals surface area contributed by atoms with Gasteiger partial charge in [0.1, 0.15) is 0 Å². The van der Waals surface area contributed by atoms with Crippen LogP contribution in [0.15, 0.2) is 0 Å². The maximum absolute atomic E-state index is 10.6. The Balaban J connectivity index is -0.00000121. The normalized spacial score (nSPS) is 12.0. The van der Waals surface area contributed by atoms with Crippen LogP contribution >= 0.6 is 43.2 Å². The zero-order valence-electron chi connectivity index (χ0n) is 18.1. The summed E-state index contributed by atoms with van der Waals surface area (Å²) < 4.78 is 95.2. The van der Waals surface area contributed by atoms with E-state index in [0.717, 1.165) is 18.5 Å². The van der Waals surface area contributed by atoms with Gasteiger partial charge in [-0.05, 0) is 35.7 Å². The van der Waals surface area contributed by atoms with E-state index in [1.165, 1.54) is 35.3 Å². The van der Waals surface area contributed by atoms with E-state index in [1.54, 1.807) is 0 Å². The van der Waals surface area contributed by atoms with Crippen LogP contribution in [0.5, 0.6) is 0 Å². The van der Waals surface area contributed by atoms with E-state index in [9.17, 15) is 38.9 Å². The molecule has 0 unspecified atom stereocenters. The third kappa shape index (κ3) is 36.4. The minimum Gasteiger partial charge on any atom is -0.748 e. The molecule has 0 heterocycles. The van der Waals surface area contributed by atoms with E-state index >= 15 is 0 Å². The summed E-state index contributed by atoms with van der Waals surface area (Å²) in [6.45, 7) is 0. The maximum atomic E-state index is 10.6. The molecule has 0 spiro atoms. The Hall–Kier alpha value is 4.21. The molecule has 0 aromatic rings. The first-order valence-corrected chi connectivity index (χ1v) is 18.1. The molecule has 19 heteroatoms. The van der Waals surface area contributed by atoms with Gasteiger partial charge in [-0.15, -0.1) is 7.92 Å². The van der Waals surface area contributed by atoms with Crippen LogP contribution in [0.25, 0.3) is 0 Å². The van der Waals surface area contributed by atoms with Crippen LogP contribution in [-0.4, -0.2) is 109 Å². The van der Waals surface area contributed by atoms with Crippen molar-refractivity contribution in [3.63, 3.8) is 0 Å². The van der Waals surface area contributed by atoms with E-state index in [4.69, 9.17) is 0 Å². The van der Waals surface area contributed by atoms with E-state index in [0.29, 0.717) is 17.3 Å². The van der Waals surface area contributed by atoms with E-state index < -0.39 is 55.5 Å². The second kappa shape index (κ2) is 23.3. The van der Waals surface area contributed by atoms with Crippen molar-refractivity contribution in [2.45, 2.75) is 0 Å². The first-order chi connectivity index (χ1) is 12.8. The summed E-state index contributed by atoms with van der Waals surface area (Å²) in [4.78, 5) is 0. The summed E-state index contributed by atoms with van der Waals surface area (Å²) in [5.41, 5.74) is 0. The second-order valence-electron chi connectivity index (χ2n) is 5.46. The monoisotopic (exact) mass is 604 g/mol.